The summed E-state index contributed by atoms with van der Waals surface area (Å²) in [6, 6.07) is 18.3. The Labute approximate surface area is 411 Å². The molecule has 70 heavy (non-hydrogen) atoms. The fourth-order valence-corrected chi connectivity index (χ4v) is 9.36. The second-order valence-electron chi connectivity index (χ2n) is 17.2. The van der Waals surface area contributed by atoms with Gasteiger partial charge in [-0.05, 0) is 183 Å². The molecule has 2 aliphatic carbocycles. The molecule has 0 aromatic heterocycles. The van der Waals surface area contributed by atoms with Crippen LogP contribution >= 0.6 is 8.58 Å². The zero-order valence-corrected chi connectivity index (χ0v) is 40.7. The Hall–Kier alpha value is -6.38. The number of hydrogen-bond acceptors (Lipinski definition) is 15. The van der Waals surface area contributed by atoms with E-state index in [1.807, 2.05) is 0 Å². The van der Waals surface area contributed by atoms with Crippen molar-refractivity contribution in [3.63, 3.8) is 0 Å². The third-order valence-corrected chi connectivity index (χ3v) is 13.5. The van der Waals surface area contributed by atoms with Crippen molar-refractivity contribution in [1.29, 1.82) is 0 Å². The van der Waals surface area contributed by atoms with Crippen LogP contribution in [-0.2, 0) is 38.2 Å². The smallest absolute Gasteiger partial charge is 0.330 e. The van der Waals surface area contributed by atoms with E-state index in [4.69, 9.17) is 39.0 Å². The van der Waals surface area contributed by atoms with Crippen LogP contribution in [0.25, 0.3) is 0 Å². The van der Waals surface area contributed by atoms with Crippen molar-refractivity contribution in [2.24, 2.45) is 29.5 Å². The maximum Gasteiger partial charge on any atom is 0.330 e. The van der Waals surface area contributed by atoms with Gasteiger partial charge in [0.2, 0.25) is 0 Å². The quantitative estimate of drug-likeness (QED) is 0.0102. The molecule has 2 saturated carbocycles. The number of esters is 5. The first kappa shape index (κ1) is 54.6. The second-order valence-corrected chi connectivity index (χ2v) is 18.5. The van der Waals surface area contributed by atoms with Gasteiger partial charge in [0.15, 0.2) is 5.52 Å². The fourth-order valence-electron chi connectivity index (χ4n) is 8.12. The van der Waals surface area contributed by atoms with E-state index in [-0.39, 0.29) is 55.1 Å². The molecule has 0 bridgehead atoms. The summed E-state index contributed by atoms with van der Waals surface area (Å²) in [6.07, 6.45) is 12.9. The summed E-state index contributed by atoms with van der Waals surface area (Å²) in [4.78, 5) is 87.9. The number of benzene rings is 3. The van der Waals surface area contributed by atoms with E-state index in [0.717, 1.165) is 63.5 Å². The van der Waals surface area contributed by atoms with Crippen LogP contribution in [0.4, 0.5) is 0 Å². The number of rotatable bonds is 28. The normalized spacial score (nSPS) is 17.6. The number of carbonyl (C=O) groups is 7. The van der Waals surface area contributed by atoms with E-state index in [1.54, 1.807) is 60.7 Å². The number of ether oxygens (including phenoxy) is 7. The van der Waals surface area contributed by atoms with Crippen LogP contribution < -0.4 is 40.3 Å². The van der Waals surface area contributed by atoms with Gasteiger partial charge in [-0.15, -0.1) is 0 Å². The minimum Gasteiger partial charge on any atom is -0.494 e. The second kappa shape index (κ2) is 29.6. The molecule has 5 rings (SSSR count). The maximum absolute atomic E-state index is 13.5. The molecule has 1 atom stereocenters. The summed E-state index contributed by atoms with van der Waals surface area (Å²) in [7, 11) is -0.363. The van der Waals surface area contributed by atoms with Gasteiger partial charge in [-0.25, -0.2) is 15.4 Å². The molecule has 17 heteroatoms. The molecule has 1 unspecified atom stereocenters. The Kier molecular flexibility index (Phi) is 23.1. The number of amides is 1. The van der Waals surface area contributed by atoms with E-state index in [9.17, 15) is 33.6 Å². The van der Waals surface area contributed by atoms with Crippen molar-refractivity contribution in [3.05, 3.63) is 97.6 Å². The highest BCUT2D eigenvalue weighted by molar-refractivity contribution is 7.65. The third kappa shape index (κ3) is 18.5. The first-order chi connectivity index (χ1) is 34.0. The Bertz CT molecular complexity index is 2230. The van der Waals surface area contributed by atoms with Gasteiger partial charge in [-0.1, -0.05) is 13.2 Å². The maximum atomic E-state index is 13.5. The predicted octanol–water partition coefficient (Wildman–Crippen LogP) is 8.19. The lowest BCUT2D eigenvalue weighted by Gasteiger charge is -2.26. The van der Waals surface area contributed by atoms with Gasteiger partial charge in [0.05, 0.1) is 49.7 Å². The molecule has 3 N–H and O–H groups in total. The van der Waals surface area contributed by atoms with E-state index < -0.39 is 29.7 Å². The van der Waals surface area contributed by atoms with Crippen LogP contribution in [0.15, 0.2) is 92.0 Å². The van der Waals surface area contributed by atoms with Crippen molar-refractivity contribution >= 4 is 55.2 Å². The topological polar surface area (TPSA) is 222 Å². The van der Waals surface area contributed by atoms with Gasteiger partial charge < -0.3 is 33.2 Å². The summed E-state index contributed by atoms with van der Waals surface area (Å²) < 4.78 is 38.5. The zero-order chi connectivity index (χ0) is 50.1. The standard InChI is InChI=1S/C53H65N2O14P/c1-3-47(56)65-33-11-7-5-9-31-63-40-21-25-42(26-22-40)67-50(59)36-13-15-37(16-14-36)52(61)69-44-29-30-46(45(35-44)49(58)55-54)70-53(62)39-19-17-38(18-20-39)51(60)68-43-27-23-41(24-28-43)64-32-10-6-8-12-34-66-48(57)4-2/h3-4,21-30,35-39,70H,1-2,5-20,31-34,54H2,(H,55,58). The van der Waals surface area contributed by atoms with E-state index in [2.05, 4.69) is 18.6 Å². The van der Waals surface area contributed by atoms with Crippen LogP contribution in [0.1, 0.15) is 113 Å². The molecule has 0 radical (unpaired) electrons. The van der Waals surface area contributed by atoms with Gasteiger partial charge in [-0.3, -0.25) is 29.4 Å². The summed E-state index contributed by atoms with van der Waals surface area (Å²) in [5.41, 5.74) is 2.19. The lowest BCUT2D eigenvalue weighted by atomic mass is 9.82. The molecule has 0 heterocycles. The van der Waals surface area contributed by atoms with E-state index in [1.165, 1.54) is 6.07 Å². The van der Waals surface area contributed by atoms with Crippen LogP contribution in [0, 0.1) is 23.7 Å². The van der Waals surface area contributed by atoms with Crippen molar-refractivity contribution in [2.45, 2.75) is 103 Å². The largest absolute Gasteiger partial charge is 0.494 e. The van der Waals surface area contributed by atoms with Gasteiger partial charge in [0, 0.05) is 18.1 Å². The van der Waals surface area contributed by atoms with Crippen molar-refractivity contribution in [3.8, 4) is 28.7 Å². The number of nitrogens with two attached hydrogens (primary N) is 1. The van der Waals surface area contributed by atoms with E-state index in [0.29, 0.717) is 106 Å². The van der Waals surface area contributed by atoms with Crippen molar-refractivity contribution in [2.75, 3.05) is 26.4 Å². The Morgan fingerprint density at radius 1 is 0.500 bits per heavy atom. The molecule has 3 aromatic carbocycles. The highest BCUT2D eigenvalue weighted by Crippen LogP contribution is 2.36. The van der Waals surface area contributed by atoms with Crippen LogP contribution in [-0.4, -0.2) is 67.7 Å². The molecule has 2 fully saturated rings. The minimum atomic E-state index is -0.633. The molecule has 1 amide bonds. The summed E-state index contributed by atoms with van der Waals surface area (Å²) in [5.74, 6) is 3.61. The first-order valence-electron chi connectivity index (χ1n) is 24.1. The number of hydrogen-bond donors (Lipinski definition) is 2. The Morgan fingerprint density at radius 2 is 0.857 bits per heavy atom. The zero-order valence-electron chi connectivity index (χ0n) is 39.7. The molecule has 0 aliphatic heterocycles. The predicted molar refractivity (Wildman–Crippen MR) is 262 cm³/mol. The van der Waals surface area contributed by atoms with Crippen LogP contribution in [0.5, 0.6) is 28.7 Å². The highest BCUT2D eigenvalue weighted by atomic mass is 31.1. The van der Waals surface area contributed by atoms with Gasteiger partial charge in [0.1, 0.15) is 28.7 Å². The molecule has 16 nitrogen and oxygen atoms in total. The number of carbonyl (C=O) groups excluding carboxylic acids is 7. The van der Waals surface area contributed by atoms with Crippen molar-refractivity contribution in [1.82, 2.24) is 5.43 Å². The molecule has 2 aliphatic rings. The van der Waals surface area contributed by atoms with Crippen LogP contribution in [0.3, 0.4) is 0 Å². The third-order valence-electron chi connectivity index (χ3n) is 12.2. The molecular formula is C53H65N2O14P. The number of unbranched alkanes of at least 4 members (excludes halogenated alkanes) is 6. The lowest BCUT2D eigenvalue weighted by Crippen LogP contribution is -2.33. The monoisotopic (exact) mass is 984 g/mol. The Morgan fingerprint density at radius 3 is 1.26 bits per heavy atom. The van der Waals surface area contributed by atoms with Gasteiger partial charge >= 0.3 is 29.8 Å². The Balaban J connectivity index is 0.982. The minimum absolute atomic E-state index is 0.0462. The van der Waals surface area contributed by atoms with Crippen molar-refractivity contribution < 1.29 is 66.7 Å². The van der Waals surface area contributed by atoms with Crippen LogP contribution in [0.2, 0.25) is 0 Å². The summed E-state index contributed by atoms with van der Waals surface area (Å²) >= 11 is 0. The highest BCUT2D eigenvalue weighted by Gasteiger charge is 2.34. The summed E-state index contributed by atoms with van der Waals surface area (Å²) in [5, 5.41) is 0.459. The lowest BCUT2D eigenvalue weighted by molar-refractivity contribution is -0.145. The SMILES string of the molecule is C=CC(=O)OCCCCCCOc1ccc(OC(=O)C2CCC(C(=O)Oc3ccc(PC(=O)C4CCC(C(=O)Oc5ccc(OCCCCCCOC(=O)C=C)cc5)CC4)c(C(=O)NN)c3)CC2)cc1. The molecule has 0 spiro atoms. The molecule has 3 aromatic rings. The fraction of sp³-hybridized carbons (Fsp3) is 0.453. The number of nitrogen functional groups attached to an aromatic ring is 1. The molecule has 0 saturated heterocycles. The summed E-state index contributed by atoms with van der Waals surface area (Å²) in [6.45, 7) is 8.54. The average molecular weight is 985 g/mol. The molecular weight excluding hydrogens is 920 g/mol. The first-order valence-corrected chi connectivity index (χ1v) is 25.1. The van der Waals surface area contributed by atoms with Gasteiger partial charge in [-0.2, -0.15) is 0 Å². The number of hydrazine groups is 1. The molecule has 376 valence electrons. The van der Waals surface area contributed by atoms with E-state index >= 15 is 0 Å². The number of nitrogens with one attached hydrogen (secondary N) is 1. The average Bonchev–Trinajstić information content (AvgIpc) is 3.38. The van der Waals surface area contributed by atoms with Gasteiger partial charge in [0.25, 0.3) is 5.91 Å².